The monoisotopic (exact) mass is 262 g/mol. The molecule has 19 heavy (non-hydrogen) atoms. The van der Waals surface area contributed by atoms with E-state index in [1.54, 1.807) is 12.1 Å². The predicted molar refractivity (Wildman–Crippen MR) is 68.5 cm³/mol. The average molecular weight is 262 g/mol. The molecule has 6 nitrogen and oxygen atoms in total. The van der Waals surface area contributed by atoms with Crippen molar-refractivity contribution in [3.63, 3.8) is 0 Å². The summed E-state index contributed by atoms with van der Waals surface area (Å²) in [5.74, 6) is -0.668. The molecule has 0 spiro atoms. The molecule has 2 amide bonds. The van der Waals surface area contributed by atoms with Crippen LogP contribution in [0.15, 0.2) is 30.4 Å². The number of phenolic OH excluding ortho intramolecular Hbond substituents is 1. The summed E-state index contributed by atoms with van der Waals surface area (Å²) >= 11 is 0. The van der Waals surface area contributed by atoms with Crippen LogP contribution in [0.2, 0.25) is 0 Å². The van der Waals surface area contributed by atoms with Crippen LogP contribution in [-0.2, 0) is 9.53 Å². The van der Waals surface area contributed by atoms with E-state index in [4.69, 9.17) is 4.74 Å². The van der Waals surface area contributed by atoms with Crippen molar-refractivity contribution in [1.82, 2.24) is 5.32 Å². The molecule has 2 rings (SSSR count). The lowest BCUT2D eigenvalue weighted by Crippen LogP contribution is -2.67. The fraction of sp³-hybridized carbons (Fsp3) is 0.231. The van der Waals surface area contributed by atoms with Crippen LogP contribution in [-0.4, -0.2) is 23.5 Å². The molecule has 1 saturated heterocycles. The third kappa shape index (κ3) is 2.37. The minimum atomic E-state index is -0.926. The topological polar surface area (TPSA) is 78.9 Å². The minimum absolute atomic E-state index is 0.0585. The Labute approximate surface area is 110 Å². The number of ether oxygens (including phenoxy) is 1. The summed E-state index contributed by atoms with van der Waals surface area (Å²) in [5.41, 5.74) is 1.40. The Kier molecular flexibility index (Phi) is 3.16. The Morgan fingerprint density at radius 1 is 1.53 bits per heavy atom. The molecular weight excluding hydrogens is 248 g/mol. The van der Waals surface area contributed by atoms with Crippen molar-refractivity contribution >= 4 is 17.7 Å². The maximum atomic E-state index is 11.5. The van der Waals surface area contributed by atoms with Crippen LogP contribution in [0.25, 0.3) is 0 Å². The fourth-order valence-electron chi connectivity index (χ4n) is 1.63. The van der Waals surface area contributed by atoms with Crippen LogP contribution in [0, 0.1) is 6.92 Å². The maximum absolute atomic E-state index is 11.5. The molecule has 0 aliphatic carbocycles. The smallest absolute Gasteiger partial charge is 0.336 e. The first-order valence-corrected chi connectivity index (χ1v) is 5.66. The Morgan fingerprint density at radius 2 is 2.21 bits per heavy atom. The number of amides is 2. The van der Waals surface area contributed by atoms with Gasteiger partial charge in [0, 0.05) is 5.57 Å². The maximum Gasteiger partial charge on any atom is 0.336 e. The number of rotatable bonds is 3. The zero-order valence-electron chi connectivity index (χ0n) is 10.6. The molecule has 0 saturated carbocycles. The van der Waals surface area contributed by atoms with Gasteiger partial charge in [-0.3, -0.25) is 5.32 Å². The normalized spacial score (nSPS) is 17.5. The van der Waals surface area contributed by atoms with Crippen molar-refractivity contribution < 1.29 is 19.4 Å². The second-order valence-electron chi connectivity index (χ2n) is 4.35. The number of urea groups is 1. The van der Waals surface area contributed by atoms with Gasteiger partial charge in [0.05, 0.1) is 5.69 Å². The highest BCUT2D eigenvalue weighted by atomic mass is 16.6. The lowest BCUT2D eigenvalue weighted by atomic mass is 10.2. The van der Waals surface area contributed by atoms with E-state index in [-0.39, 0.29) is 11.3 Å². The number of hydrogen-bond acceptors (Lipinski definition) is 4. The highest BCUT2D eigenvalue weighted by Gasteiger charge is 2.41. The summed E-state index contributed by atoms with van der Waals surface area (Å²) < 4.78 is 5.02. The van der Waals surface area contributed by atoms with E-state index in [2.05, 4.69) is 11.9 Å². The first-order chi connectivity index (χ1) is 8.90. The lowest BCUT2D eigenvalue weighted by molar-refractivity contribution is -0.146. The van der Waals surface area contributed by atoms with E-state index in [0.29, 0.717) is 5.69 Å². The predicted octanol–water partition coefficient (Wildman–Crippen LogP) is 1.63. The number of anilines is 1. The van der Waals surface area contributed by atoms with Crippen LogP contribution >= 0.6 is 0 Å². The Morgan fingerprint density at radius 3 is 2.79 bits per heavy atom. The van der Waals surface area contributed by atoms with Gasteiger partial charge in [0.15, 0.2) is 0 Å². The Bertz CT molecular complexity index is 568. The van der Waals surface area contributed by atoms with Gasteiger partial charge in [0.1, 0.15) is 5.75 Å². The van der Waals surface area contributed by atoms with E-state index < -0.39 is 18.4 Å². The summed E-state index contributed by atoms with van der Waals surface area (Å²) in [6.07, 6.45) is -0.926. The molecule has 1 aliphatic rings. The van der Waals surface area contributed by atoms with Gasteiger partial charge < -0.3 is 9.84 Å². The second-order valence-corrected chi connectivity index (χ2v) is 4.35. The number of aromatic hydroxyl groups is 1. The van der Waals surface area contributed by atoms with Gasteiger partial charge in [-0.15, -0.1) is 0 Å². The Balaban J connectivity index is 2.22. The van der Waals surface area contributed by atoms with E-state index in [0.717, 1.165) is 5.56 Å². The highest BCUT2D eigenvalue weighted by Crippen LogP contribution is 2.32. The molecular formula is C13H14N2O4. The molecule has 1 aromatic carbocycles. The zero-order valence-corrected chi connectivity index (χ0v) is 10.6. The molecule has 6 heteroatoms. The summed E-state index contributed by atoms with van der Waals surface area (Å²) in [6, 6.07) is 4.38. The van der Waals surface area contributed by atoms with E-state index >= 15 is 0 Å². The van der Waals surface area contributed by atoms with Gasteiger partial charge in [-0.1, -0.05) is 12.6 Å². The number of carbonyl (C=O) groups excluding carboxylic acids is 2. The summed E-state index contributed by atoms with van der Waals surface area (Å²) in [5, 5.41) is 12.2. The standard InChI is InChI=1S/C13H14N2O4/c1-7(2)11(17)19-13-14-12(18)15(13)9-6-8(3)4-5-10(9)16/h4-6,13,16H,1H2,2-3H3,(H,14,18). The number of nitrogens with one attached hydrogen (secondary N) is 1. The largest absolute Gasteiger partial charge is 0.506 e. The highest BCUT2D eigenvalue weighted by molar-refractivity contribution is 6.00. The first-order valence-electron chi connectivity index (χ1n) is 5.66. The Hall–Kier alpha value is -2.50. The number of carbonyl (C=O) groups is 2. The van der Waals surface area contributed by atoms with Gasteiger partial charge in [-0.25, -0.2) is 14.5 Å². The van der Waals surface area contributed by atoms with Crippen LogP contribution in [0.5, 0.6) is 5.75 Å². The summed E-state index contributed by atoms with van der Waals surface area (Å²) in [6.45, 7) is 6.80. The molecule has 0 bridgehead atoms. The second kappa shape index (κ2) is 4.64. The quantitative estimate of drug-likeness (QED) is 0.641. The average Bonchev–Trinajstić information content (AvgIpc) is 2.32. The van der Waals surface area contributed by atoms with E-state index in [1.807, 2.05) is 6.92 Å². The molecule has 1 unspecified atom stereocenters. The zero-order chi connectivity index (χ0) is 14.2. The van der Waals surface area contributed by atoms with Gasteiger partial charge in [0.25, 0.3) is 6.35 Å². The minimum Gasteiger partial charge on any atom is -0.506 e. The van der Waals surface area contributed by atoms with Crippen LogP contribution in [0.3, 0.4) is 0 Å². The summed E-state index contributed by atoms with van der Waals surface area (Å²) in [4.78, 5) is 24.1. The molecule has 0 radical (unpaired) electrons. The van der Waals surface area contributed by atoms with Crippen LogP contribution in [0.4, 0.5) is 10.5 Å². The van der Waals surface area contributed by atoms with Gasteiger partial charge in [-0.2, -0.15) is 0 Å². The molecule has 100 valence electrons. The third-order valence-corrected chi connectivity index (χ3v) is 2.66. The van der Waals surface area contributed by atoms with Crippen molar-refractivity contribution in [2.45, 2.75) is 20.2 Å². The van der Waals surface area contributed by atoms with E-state index in [9.17, 15) is 14.7 Å². The molecule has 1 atom stereocenters. The van der Waals surface area contributed by atoms with Gasteiger partial charge in [-0.05, 0) is 31.5 Å². The summed E-state index contributed by atoms with van der Waals surface area (Å²) in [7, 11) is 0. The first kappa shape index (κ1) is 12.9. The molecule has 1 aromatic rings. The number of aryl methyl sites for hydroxylation is 1. The van der Waals surface area contributed by atoms with Crippen molar-refractivity contribution in [3.8, 4) is 5.75 Å². The number of benzene rings is 1. The molecule has 2 N–H and O–H groups in total. The number of nitrogens with zero attached hydrogens (tertiary/aromatic N) is 1. The molecule has 1 aliphatic heterocycles. The van der Waals surface area contributed by atoms with E-state index in [1.165, 1.54) is 17.9 Å². The SMILES string of the molecule is C=C(C)C(=O)OC1NC(=O)N1c1cc(C)ccc1O. The van der Waals surface area contributed by atoms with Crippen LogP contribution in [0.1, 0.15) is 12.5 Å². The molecule has 1 fully saturated rings. The van der Waals surface area contributed by atoms with Crippen molar-refractivity contribution in [3.05, 3.63) is 35.9 Å². The van der Waals surface area contributed by atoms with Gasteiger partial charge in [0.2, 0.25) is 0 Å². The van der Waals surface area contributed by atoms with Crippen molar-refractivity contribution in [1.29, 1.82) is 0 Å². The number of esters is 1. The molecule has 1 heterocycles. The van der Waals surface area contributed by atoms with Crippen molar-refractivity contribution in [2.75, 3.05) is 4.90 Å². The van der Waals surface area contributed by atoms with Gasteiger partial charge >= 0.3 is 12.0 Å². The molecule has 0 aromatic heterocycles. The lowest BCUT2D eigenvalue weighted by Gasteiger charge is -2.40. The number of phenols is 1. The number of hydrogen-bond donors (Lipinski definition) is 2. The van der Waals surface area contributed by atoms with Crippen LogP contribution < -0.4 is 10.2 Å². The fourth-order valence-corrected chi connectivity index (χ4v) is 1.63. The van der Waals surface area contributed by atoms with Crippen molar-refractivity contribution in [2.24, 2.45) is 0 Å². The third-order valence-electron chi connectivity index (χ3n) is 2.66.